The minimum Gasteiger partial charge on any atom is -0.310 e. The first-order valence-corrected chi connectivity index (χ1v) is 8.27. The van der Waals surface area contributed by atoms with Gasteiger partial charge in [-0.2, -0.15) is 0 Å². The molecular formula is C14H22N2O2S. The minimum absolute atomic E-state index is 0.430. The predicted octanol–water partition coefficient (Wildman–Crippen LogP) is 1.97. The van der Waals surface area contributed by atoms with Crippen LogP contribution in [0, 0.1) is 0 Å². The van der Waals surface area contributed by atoms with Gasteiger partial charge in [-0.15, -0.1) is 0 Å². The molecule has 0 aliphatic heterocycles. The lowest BCUT2D eigenvalue weighted by molar-refractivity contribution is 0.467. The van der Waals surface area contributed by atoms with Gasteiger partial charge in [0, 0.05) is 26.2 Å². The van der Waals surface area contributed by atoms with Crippen molar-refractivity contribution in [2.24, 2.45) is 0 Å². The van der Waals surface area contributed by atoms with E-state index in [9.17, 15) is 8.42 Å². The van der Waals surface area contributed by atoms with Gasteiger partial charge in [-0.3, -0.25) is 0 Å². The fourth-order valence-corrected chi connectivity index (χ4v) is 3.53. The van der Waals surface area contributed by atoms with Gasteiger partial charge in [-0.1, -0.05) is 25.1 Å². The molecule has 5 heteroatoms. The Labute approximate surface area is 115 Å². The average molecular weight is 282 g/mol. The van der Waals surface area contributed by atoms with Gasteiger partial charge in [0.25, 0.3) is 0 Å². The smallest absolute Gasteiger partial charge is 0.243 e. The Morgan fingerprint density at radius 2 is 2.00 bits per heavy atom. The second-order valence-corrected chi connectivity index (χ2v) is 7.10. The Morgan fingerprint density at radius 1 is 1.32 bits per heavy atom. The molecule has 0 unspecified atom stereocenters. The molecule has 0 atom stereocenters. The van der Waals surface area contributed by atoms with Crippen LogP contribution in [0.1, 0.15) is 31.7 Å². The summed E-state index contributed by atoms with van der Waals surface area (Å²) < 4.78 is 26.4. The molecule has 19 heavy (non-hydrogen) atoms. The Bertz CT molecular complexity index is 524. The van der Waals surface area contributed by atoms with E-state index >= 15 is 0 Å². The molecule has 0 saturated heterocycles. The number of hydrogen-bond donors (Lipinski definition) is 1. The Balaban J connectivity index is 2.21. The van der Waals surface area contributed by atoms with Crippen LogP contribution >= 0.6 is 0 Å². The standard InChI is InChI=1S/C14H22N2O2S/c1-3-10-16(2)19(17,18)14-7-5-4-6-12(14)11-15-13-8-9-13/h4-7,13,15H,3,8-11H2,1-2H3. The van der Waals surface area contributed by atoms with E-state index in [0.29, 0.717) is 24.0 Å². The summed E-state index contributed by atoms with van der Waals surface area (Å²) in [5.74, 6) is 0. The van der Waals surface area contributed by atoms with Crippen LogP contribution in [-0.2, 0) is 16.6 Å². The summed E-state index contributed by atoms with van der Waals surface area (Å²) >= 11 is 0. The molecule has 106 valence electrons. The molecule has 1 N–H and O–H groups in total. The molecule has 0 spiro atoms. The van der Waals surface area contributed by atoms with Crippen LogP contribution in [-0.4, -0.2) is 32.4 Å². The Hall–Kier alpha value is -0.910. The number of hydrogen-bond acceptors (Lipinski definition) is 3. The molecule has 0 aromatic heterocycles. The third-order valence-electron chi connectivity index (χ3n) is 3.36. The summed E-state index contributed by atoms with van der Waals surface area (Å²) in [5, 5.41) is 3.37. The van der Waals surface area contributed by atoms with Gasteiger partial charge in [0.2, 0.25) is 10.0 Å². The van der Waals surface area contributed by atoms with E-state index in [1.165, 1.54) is 17.1 Å². The third-order valence-corrected chi connectivity index (χ3v) is 5.32. The molecule has 0 amide bonds. The first kappa shape index (κ1) is 14.5. The zero-order valence-corrected chi connectivity index (χ0v) is 12.4. The minimum atomic E-state index is -3.37. The highest BCUT2D eigenvalue weighted by Gasteiger charge is 2.25. The van der Waals surface area contributed by atoms with E-state index in [2.05, 4.69) is 5.32 Å². The summed E-state index contributed by atoms with van der Waals surface area (Å²) in [6.45, 7) is 3.15. The zero-order chi connectivity index (χ0) is 13.9. The summed E-state index contributed by atoms with van der Waals surface area (Å²) in [6, 6.07) is 7.84. The van der Waals surface area contributed by atoms with E-state index in [1.807, 2.05) is 19.1 Å². The van der Waals surface area contributed by atoms with E-state index in [1.54, 1.807) is 19.2 Å². The summed E-state index contributed by atoms with van der Waals surface area (Å²) in [7, 11) is -1.72. The third kappa shape index (κ3) is 3.55. The lowest BCUT2D eigenvalue weighted by atomic mass is 10.2. The number of nitrogens with zero attached hydrogens (tertiary/aromatic N) is 1. The van der Waals surface area contributed by atoms with E-state index < -0.39 is 10.0 Å². The monoisotopic (exact) mass is 282 g/mol. The highest BCUT2D eigenvalue weighted by Crippen LogP contribution is 2.22. The van der Waals surface area contributed by atoms with Gasteiger partial charge in [-0.25, -0.2) is 12.7 Å². The largest absolute Gasteiger partial charge is 0.310 e. The van der Waals surface area contributed by atoms with Crippen LogP contribution in [0.5, 0.6) is 0 Å². The van der Waals surface area contributed by atoms with Gasteiger partial charge in [0.05, 0.1) is 4.90 Å². The van der Waals surface area contributed by atoms with Crippen LogP contribution in [0.4, 0.5) is 0 Å². The van der Waals surface area contributed by atoms with Crippen molar-refractivity contribution in [3.63, 3.8) is 0 Å². The molecule has 1 saturated carbocycles. The highest BCUT2D eigenvalue weighted by molar-refractivity contribution is 7.89. The highest BCUT2D eigenvalue weighted by atomic mass is 32.2. The Morgan fingerprint density at radius 3 is 2.63 bits per heavy atom. The van der Waals surface area contributed by atoms with Crippen molar-refractivity contribution in [2.45, 2.75) is 43.7 Å². The van der Waals surface area contributed by atoms with Crippen LogP contribution in [0.15, 0.2) is 29.2 Å². The van der Waals surface area contributed by atoms with Crippen molar-refractivity contribution in [2.75, 3.05) is 13.6 Å². The van der Waals surface area contributed by atoms with Crippen molar-refractivity contribution in [3.05, 3.63) is 29.8 Å². The van der Waals surface area contributed by atoms with Crippen molar-refractivity contribution in [1.29, 1.82) is 0 Å². The molecule has 0 radical (unpaired) electrons. The van der Waals surface area contributed by atoms with Crippen LogP contribution in [0.3, 0.4) is 0 Å². The lowest BCUT2D eigenvalue weighted by Gasteiger charge is -2.18. The molecule has 4 nitrogen and oxygen atoms in total. The molecule has 0 bridgehead atoms. The summed E-state index contributed by atoms with van der Waals surface area (Å²) in [6.07, 6.45) is 3.22. The molecular weight excluding hydrogens is 260 g/mol. The molecule has 1 aliphatic carbocycles. The topological polar surface area (TPSA) is 49.4 Å². The maximum Gasteiger partial charge on any atom is 0.243 e. The van der Waals surface area contributed by atoms with Gasteiger partial charge < -0.3 is 5.32 Å². The zero-order valence-electron chi connectivity index (χ0n) is 11.6. The molecule has 1 fully saturated rings. The van der Waals surface area contributed by atoms with E-state index in [0.717, 1.165) is 12.0 Å². The molecule has 2 rings (SSSR count). The average Bonchev–Trinajstić information content (AvgIpc) is 3.21. The normalized spacial score (nSPS) is 15.9. The second-order valence-electron chi connectivity index (χ2n) is 5.09. The van der Waals surface area contributed by atoms with Crippen molar-refractivity contribution >= 4 is 10.0 Å². The van der Waals surface area contributed by atoms with E-state index in [-0.39, 0.29) is 0 Å². The maximum absolute atomic E-state index is 12.5. The van der Waals surface area contributed by atoms with Gasteiger partial charge in [0.15, 0.2) is 0 Å². The molecule has 1 aromatic carbocycles. The van der Waals surface area contributed by atoms with Crippen molar-refractivity contribution < 1.29 is 8.42 Å². The predicted molar refractivity (Wildman–Crippen MR) is 76.4 cm³/mol. The van der Waals surface area contributed by atoms with Gasteiger partial charge in [-0.05, 0) is 30.9 Å². The fourth-order valence-electron chi connectivity index (χ4n) is 2.05. The van der Waals surface area contributed by atoms with Crippen LogP contribution in [0.2, 0.25) is 0 Å². The number of nitrogens with one attached hydrogen (secondary N) is 1. The SMILES string of the molecule is CCCN(C)S(=O)(=O)c1ccccc1CNC1CC1. The van der Waals surface area contributed by atoms with E-state index in [4.69, 9.17) is 0 Å². The number of rotatable bonds is 7. The van der Waals surface area contributed by atoms with Crippen LogP contribution < -0.4 is 5.32 Å². The maximum atomic E-state index is 12.5. The van der Waals surface area contributed by atoms with Gasteiger partial charge >= 0.3 is 0 Å². The quantitative estimate of drug-likeness (QED) is 0.832. The lowest BCUT2D eigenvalue weighted by Crippen LogP contribution is -2.29. The first-order chi connectivity index (χ1) is 9.05. The number of benzene rings is 1. The second kappa shape index (κ2) is 6.03. The molecule has 0 heterocycles. The molecule has 1 aromatic rings. The van der Waals surface area contributed by atoms with Crippen molar-refractivity contribution in [3.8, 4) is 0 Å². The number of sulfonamides is 1. The van der Waals surface area contributed by atoms with Gasteiger partial charge in [0.1, 0.15) is 0 Å². The van der Waals surface area contributed by atoms with Crippen molar-refractivity contribution in [1.82, 2.24) is 9.62 Å². The fraction of sp³-hybridized carbons (Fsp3) is 0.571. The molecule has 1 aliphatic rings. The van der Waals surface area contributed by atoms with Crippen LogP contribution in [0.25, 0.3) is 0 Å². The first-order valence-electron chi connectivity index (χ1n) is 6.83. The summed E-state index contributed by atoms with van der Waals surface area (Å²) in [4.78, 5) is 0.430. The summed E-state index contributed by atoms with van der Waals surface area (Å²) in [5.41, 5.74) is 0.859. The Kier molecular flexibility index (Phi) is 4.60.